The molecule has 2 aromatic carbocycles. The molecule has 0 aliphatic rings. The van der Waals surface area contributed by atoms with Gasteiger partial charge in [0.2, 0.25) is 0 Å². The van der Waals surface area contributed by atoms with Crippen LogP contribution in [0.25, 0.3) is 0 Å². The molecule has 0 atom stereocenters. The van der Waals surface area contributed by atoms with Crippen molar-refractivity contribution in [3.05, 3.63) is 81.8 Å². The van der Waals surface area contributed by atoms with Crippen LogP contribution in [0.2, 0.25) is 5.02 Å². The van der Waals surface area contributed by atoms with E-state index in [1.165, 1.54) is 24.3 Å². The molecule has 3 rings (SSSR count). The summed E-state index contributed by atoms with van der Waals surface area (Å²) in [5.41, 5.74) is 0.265. The summed E-state index contributed by atoms with van der Waals surface area (Å²) in [6.07, 6.45) is -4.54. The monoisotopic (exact) mass is 411 g/mol. The van der Waals surface area contributed by atoms with Gasteiger partial charge >= 0.3 is 6.18 Å². The number of nitrogens with zero attached hydrogens (tertiary/aromatic N) is 2. The van der Waals surface area contributed by atoms with Crippen molar-refractivity contribution >= 4 is 23.3 Å². The Kier molecular flexibility index (Phi) is 5.42. The molecular formula is C19H14ClF4N3O. The molecule has 146 valence electrons. The average molecular weight is 412 g/mol. The molecule has 1 aromatic heterocycles. The smallest absolute Gasteiger partial charge is 0.305 e. The van der Waals surface area contributed by atoms with E-state index in [4.69, 9.17) is 11.6 Å². The quantitative estimate of drug-likeness (QED) is 0.592. The second-order valence-corrected chi connectivity index (χ2v) is 6.50. The molecule has 4 nitrogen and oxygen atoms in total. The van der Waals surface area contributed by atoms with Crippen molar-refractivity contribution in [1.29, 1.82) is 0 Å². The maximum atomic E-state index is 13.2. The second kappa shape index (κ2) is 7.63. The molecule has 1 heterocycles. The highest BCUT2D eigenvalue weighted by Crippen LogP contribution is 2.29. The summed E-state index contributed by atoms with van der Waals surface area (Å²) in [7, 11) is 0. The Morgan fingerprint density at radius 3 is 2.61 bits per heavy atom. The minimum atomic E-state index is -4.54. The number of amides is 1. The van der Waals surface area contributed by atoms with Crippen molar-refractivity contribution in [2.75, 3.05) is 5.32 Å². The fourth-order valence-corrected chi connectivity index (χ4v) is 2.79. The molecule has 9 heteroatoms. The summed E-state index contributed by atoms with van der Waals surface area (Å²) in [6, 6.07) is 9.68. The number of carbonyl (C=O) groups excluding carboxylic acids is 1. The van der Waals surface area contributed by atoms with Gasteiger partial charge in [-0.2, -0.15) is 18.3 Å². The van der Waals surface area contributed by atoms with Crippen LogP contribution in [0.15, 0.2) is 48.5 Å². The average Bonchev–Trinajstić information content (AvgIpc) is 2.96. The summed E-state index contributed by atoms with van der Waals surface area (Å²) in [5, 5.41) is 6.93. The summed E-state index contributed by atoms with van der Waals surface area (Å²) in [6.45, 7) is 1.98. The van der Waals surface area contributed by atoms with E-state index in [0.717, 1.165) is 18.2 Å². The molecule has 1 amide bonds. The number of hydrogen-bond acceptors (Lipinski definition) is 2. The Balaban J connectivity index is 1.77. The van der Waals surface area contributed by atoms with Gasteiger partial charge in [0.05, 0.1) is 12.1 Å². The number of aryl methyl sites for hydroxylation is 1. The predicted molar refractivity (Wildman–Crippen MR) is 96.9 cm³/mol. The lowest BCUT2D eigenvalue weighted by Crippen LogP contribution is -2.14. The maximum Gasteiger partial charge on any atom is 0.416 e. The third-order valence-corrected chi connectivity index (χ3v) is 4.36. The topological polar surface area (TPSA) is 46.9 Å². The van der Waals surface area contributed by atoms with Crippen molar-refractivity contribution in [3.8, 4) is 0 Å². The van der Waals surface area contributed by atoms with Crippen LogP contribution in [0.5, 0.6) is 0 Å². The van der Waals surface area contributed by atoms with Gasteiger partial charge in [0.1, 0.15) is 5.82 Å². The van der Waals surface area contributed by atoms with E-state index < -0.39 is 23.5 Å². The first-order valence-electron chi connectivity index (χ1n) is 8.10. The van der Waals surface area contributed by atoms with Gasteiger partial charge in [-0.25, -0.2) is 4.39 Å². The maximum absolute atomic E-state index is 13.2. The number of nitrogens with one attached hydrogen (secondary N) is 1. The number of hydrogen-bond donors (Lipinski definition) is 1. The molecule has 0 radical (unpaired) electrons. The van der Waals surface area contributed by atoms with Gasteiger partial charge in [0.15, 0.2) is 5.82 Å². The largest absolute Gasteiger partial charge is 0.416 e. The fourth-order valence-electron chi connectivity index (χ4n) is 2.57. The zero-order chi connectivity index (χ0) is 20.5. The van der Waals surface area contributed by atoms with Crippen molar-refractivity contribution < 1.29 is 22.4 Å². The highest BCUT2D eigenvalue weighted by Gasteiger charge is 2.31. The van der Waals surface area contributed by atoms with Crippen LogP contribution in [0.3, 0.4) is 0 Å². The molecule has 0 unspecified atom stereocenters. The molecule has 0 aliphatic carbocycles. The third kappa shape index (κ3) is 4.51. The van der Waals surface area contributed by atoms with Crippen molar-refractivity contribution in [3.63, 3.8) is 0 Å². The van der Waals surface area contributed by atoms with Crippen LogP contribution >= 0.6 is 11.6 Å². The Morgan fingerprint density at radius 1 is 1.18 bits per heavy atom. The summed E-state index contributed by atoms with van der Waals surface area (Å²) >= 11 is 6.01. The van der Waals surface area contributed by atoms with Crippen LogP contribution in [-0.4, -0.2) is 15.7 Å². The zero-order valence-corrected chi connectivity index (χ0v) is 15.3. The molecule has 0 spiro atoms. The molecule has 3 aromatic rings. The molecule has 0 aliphatic heterocycles. The summed E-state index contributed by atoms with van der Waals surface area (Å²) in [4.78, 5) is 12.3. The van der Waals surface area contributed by atoms with Gasteiger partial charge in [-0.3, -0.25) is 9.48 Å². The van der Waals surface area contributed by atoms with Crippen LogP contribution in [0.1, 0.15) is 27.2 Å². The van der Waals surface area contributed by atoms with Crippen molar-refractivity contribution in [1.82, 2.24) is 9.78 Å². The predicted octanol–water partition coefficient (Wildman–Crippen LogP) is 5.30. The van der Waals surface area contributed by atoms with E-state index in [-0.39, 0.29) is 22.9 Å². The number of halogens is 5. The van der Waals surface area contributed by atoms with Gasteiger partial charge in [-0.05, 0) is 42.8 Å². The Hall–Kier alpha value is -2.87. The van der Waals surface area contributed by atoms with Crippen molar-refractivity contribution in [2.45, 2.75) is 19.6 Å². The highest BCUT2D eigenvalue weighted by atomic mass is 35.5. The molecule has 0 saturated heterocycles. The van der Waals surface area contributed by atoms with Gasteiger partial charge in [0, 0.05) is 22.3 Å². The van der Waals surface area contributed by atoms with Crippen LogP contribution in [-0.2, 0) is 12.7 Å². The third-order valence-electron chi connectivity index (χ3n) is 4.01. The Bertz CT molecular complexity index is 1030. The first-order valence-corrected chi connectivity index (χ1v) is 8.48. The van der Waals surface area contributed by atoms with E-state index in [2.05, 4.69) is 10.4 Å². The molecular weight excluding hydrogens is 398 g/mol. The number of anilines is 1. The van der Waals surface area contributed by atoms with E-state index in [9.17, 15) is 22.4 Å². The van der Waals surface area contributed by atoms with E-state index in [1.807, 2.05) is 0 Å². The van der Waals surface area contributed by atoms with Gasteiger partial charge in [0.25, 0.3) is 5.91 Å². The first-order chi connectivity index (χ1) is 13.1. The van der Waals surface area contributed by atoms with Crippen molar-refractivity contribution in [2.24, 2.45) is 0 Å². The number of rotatable bonds is 4. The highest BCUT2D eigenvalue weighted by molar-refractivity contribution is 6.31. The van der Waals surface area contributed by atoms with Crippen LogP contribution in [0, 0.1) is 12.7 Å². The van der Waals surface area contributed by atoms with E-state index >= 15 is 0 Å². The van der Waals surface area contributed by atoms with Crippen LogP contribution in [0.4, 0.5) is 23.4 Å². The minimum absolute atomic E-state index is 0.136. The Labute approximate surface area is 162 Å². The minimum Gasteiger partial charge on any atom is -0.305 e. The number of carbonyl (C=O) groups is 1. The molecule has 28 heavy (non-hydrogen) atoms. The van der Waals surface area contributed by atoms with E-state index in [0.29, 0.717) is 11.3 Å². The van der Waals surface area contributed by atoms with Gasteiger partial charge in [-0.15, -0.1) is 0 Å². The number of aromatic nitrogens is 2. The fraction of sp³-hybridized carbons (Fsp3) is 0.158. The first kappa shape index (κ1) is 19.9. The zero-order valence-electron chi connectivity index (χ0n) is 14.5. The molecule has 0 saturated carbocycles. The number of benzene rings is 2. The van der Waals surface area contributed by atoms with Gasteiger partial charge in [-0.1, -0.05) is 23.7 Å². The lowest BCUT2D eigenvalue weighted by atomic mass is 10.1. The summed E-state index contributed by atoms with van der Waals surface area (Å²) < 4.78 is 53.1. The molecule has 1 N–H and O–H groups in total. The summed E-state index contributed by atoms with van der Waals surface area (Å²) in [5.74, 6) is -0.992. The van der Waals surface area contributed by atoms with E-state index in [1.54, 1.807) is 17.7 Å². The SMILES string of the molecule is Cc1cc(NC(=O)c2cccc(C(F)(F)F)c2)nn1Cc1ccc(F)cc1Cl. The molecule has 0 bridgehead atoms. The molecule has 0 fully saturated rings. The Morgan fingerprint density at radius 2 is 1.93 bits per heavy atom. The van der Waals surface area contributed by atoms with Crippen LogP contribution < -0.4 is 5.32 Å². The lowest BCUT2D eigenvalue weighted by molar-refractivity contribution is -0.137. The lowest BCUT2D eigenvalue weighted by Gasteiger charge is -2.08. The number of alkyl halides is 3. The second-order valence-electron chi connectivity index (χ2n) is 6.10. The normalized spacial score (nSPS) is 11.5. The standard InChI is InChI=1S/C19H14ClF4N3O/c1-11-7-17(26-27(11)10-13-5-6-15(21)9-16(13)20)25-18(28)12-3-2-4-14(8-12)19(22,23)24/h2-9H,10H2,1H3,(H,25,26,28). The van der Waals surface area contributed by atoms with Gasteiger partial charge < -0.3 is 5.32 Å².